The maximum absolute atomic E-state index is 3.64. The summed E-state index contributed by atoms with van der Waals surface area (Å²) in [6.45, 7) is 3.24. The van der Waals surface area contributed by atoms with E-state index in [0.717, 1.165) is 23.2 Å². The molecule has 0 amide bonds. The summed E-state index contributed by atoms with van der Waals surface area (Å²) in [6.07, 6.45) is 1.10. The van der Waals surface area contributed by atoms with Gasteiger partial charge in [-0.05, 0) is 36.2 Å². The summed E-state index contributed by atoms with van der Waals surface area (Å²) in [4.78, 5) is 1.34. The molecule has 1 nitrogen and oxygen atoms in total. The zero-order valence-corrected chi connectivity index (χ0v) is 14.1. The zero-order chi connectivity index (χ0) is 14.2. The first kappa shape index (κ1) is 15.6. The first-order valence-electron chi connectivity index (χ1n) is 6.96. The van der Waals surface area contributed by atoms with Crippen molar-refractivity contribution >= 4 is 27.7 Å². The van der Waals surface area contributed by atoms with Gasteiger partial charge in [-0.25, -0.2) is 0 Å². The number of benzene rings is 2. The Hall–Kier alpha value is -0.770. The van der Waals surface area contributed by atoms with E-state index in [4.69, 9.17) is 0 Å². The van der Waals surface area contributed by atoms with Crippen LogP contribution < -0.4 is 5.32 Å². The molecule has 3 heteroatoms. The van der Waals surface area contributed by atoms with E-state index in [1.54, 1.807) is 0 Å². The van der Waals surface area contributed by atoms with Gasteiger partial charge in [0, 0.05) is 27.7 Å². The van der Waals surface area contributed by atoms with Crippen molar-refractivity contribution in [3.63, 3.8) is 0 Å². The predicted molar refractivity (Wildman–Crippen MR) is 92.3 cm³/mol. The molecule has 0 saturated heterocycles. The lowest BCUT2D eigenvalue weighted by Crippen LogP contribution is -2.23. The maximum atomic E-state index is 3.64. The molecule has 0 bridgehead atoms. The standard InChI is InChI=1S/C17H20BrNS/c1-2-17(14-7-6-8-15(18)13-14)19-11-12-20-16-9-4-3-5-10-16/h3-10,13,17,19H,2,11-12H2,1H3. The van der Waals surface area contributed by atoms with Crippen LogP contribution in [0.5, 0.6) is 0 Å². The van der Waals surface area contributed by atoms with E-state index < -0.39 is 0 Å². The molecule has 0 radical (unpaired) electrons. The minimum atomic E-state index is 0.434. The highest BCUT2D eigenvalue weighted by atomic mass is 79.9. The van der Waals surface area contributed by atoms with Gasteiger partial charge in [0.1, 0.15) is 0 Å². The lowest BCUT2D eigenvalue weighted by Gasteiger charge is -2.17. The summed E-state index contributed by atoms with van der Waals surface area (Å²) in [6, 6.07) is 19.6. The molecule has 20 heavy (non-hydrogen) atoms. The van der Waals surface area contributed by atoms with E-state index in [0.29, 0.717) is 6.04 Å². The molecular weight excluding hydrogens is 330 g/mol. The van der Waals surface area contributed by atoms with Crippen molar-refractivity contribution in [1.82, 2.24) is 5.32 Å². The Morgan fingerprint density at radius 2 is 1.90 bits per heavy atom. The van der Waals surface area contributed by atoms with Crippen molar-refractivity contribution in [1.29, 1.82) is 0 Å². The summed E-state index contributed by atoms with van der Waals surface area (Å²) in [7, 11) is 0. The predicted octanol–water partition coefficient (Wildman–Crippen LogP) is 5.28. The van der Waals surface area contributed by atoms with Gasteiger partial charge in [0.25, 0.3) is 0 Å². The average Bonchev–Trinajstić information content (AvgIpc) is 2.48. The maximum Gasteiger partial charge on any atom is 0.0318 e. The fourth-order valence-corrected chi connectivity index (χ4v) is 3.36. The molecule has 0 aromatic heterocycles. The summed E-state index contributed by atoms with van der Waals surface area (Å²) in [5.41, 5.74) is 1.35. The summed E-state index contributed by atoms with van der Waals surface area (Å²) < 4.78 is 1.15. The highest BCUT2D eigenvalue weighted by Gasteiger charge is 2.08. The van der Waals surface area contributed by atoms with Crippen LogP contribution in [0, 0.1) is 0 Å². The normalized spacial score (nSPS) is 12.3. The molecule has 1 atom stereocenters. The molecule has 0 aliphatic heterocycles. The highest BCUT2D eigenvalue weighted by molar-refractivity contribution is 9.10. The smallest absolute Gasteiger partial charge is 0.0318 e. The fraction of sp³-hybridized carbons (Fsp3) is 0.294. The summed E-state index contributed by atoms with van der Waals surface area (Å²) in [5, 5.41) is 3.64. The molecule has 0 aliphatic carbocycles. The van der Waals surface area contributed by atoms with Crippen LogP contribution in [-0.2, 0) is 0 Å². The minimum Gasteiger partial charge on any atom is -0.309 e. The third-order valence-electron chi connectivity index (χ3n) is 3.16. The van der Waals surface area contributed by atoms with Crippen LogP contribution in [0.4, 0.5) is 0 Å². The summed E-state index contributed by atoms with van der Waals surface area (Å²) >= 11 is 5.44. The Morgan fingerprint density at radius 1 is 1.10 bits per heavy atom. The molecule has 0 aliphatic rings. The Bertz CT molecular complexity index is 515. The van der Waals surface area contributed by atoms with Crippen LogP contribution in [0.3, 0.4) is 0 Å². The third-order valence-corrected chi connectivity index (χ3v) is 4.67. The van der Waals surface area contributed by atoms with E-state index in [2.05, 4.69) is 82.8 Å². The lowest BCUT2D eigenvalue weighted by molar-refractivity contribution is 0.539. The van der Waals surface area contributed by atoms with Gasteiger partial charge in [0.05, 0.1) is 0 Å². The molecule has 2 rings (SSSR count). The van der Waals surface area contributed by atoms with Gasteiger partial charge in [-0.1, -0.05) is 53.2 Å². The molecule has 2 aromatic carbocycles. The van der Waals surface area contributed by atoms with Gasteiger partial charge in [0.15, 0.2) is 0 Å². The average molecular weight is 350 g/mol. The zero-order valence-electron chi connectivity index (χ0n) is 11.7. The van der Waals surface area contributed by atoms with Gasteiger partial charge in [-0.15, -0.1) is 11.8 Å². The first-order chi connectivity index (χ1) is 9.79. The second kappa shape index (κ2) is 8.50. The van der Waals surface area contributed by atoms with Crippen molar-refractivity contribution in [2.45, 2.75) is 24.3 Å². The van der Waals surface area contributed by atoms with Crippen LogP contribution in [0.2, 0.25) is 0 Å². The Morgan fingerprint density at radius 3 is 2.60 bits per heavy atom. The monoisotopic (exact) mass is 349 g/mol. The van der Waals surface area contributed by atoms with Crippen molar-refractivity contribution in [3.05, 3.63) is 64.6 Å². The van der Waals surface area contributed by atoms with Gasteiger partial charge in [0.2, 0.25) is 0 Å². The van der Waals surface area contributed by atoms with Crippen LogP contribution in [-0.4, -0.2) is 12.3 Å². The molecule has 106 valence electrons. The second-order valence-corrected chi connectivity index (χ2v) is 6.72. The fourth-order valence-electron chi connectivity index (χ4n) is 2.14. The number of hydrogen-bond acceptors (Lipinski definition) is 2. The molecule has 0 fully saturated rings. The number of halogens is 1. The molecule has 0 saturated carbocycles. The number of rotatable bonds is 7. The van der Waals surface area contributed by atoms with Gasteiger partial charge in [-0.3, -0.25) is 0 Å². The van der Waals surface area contributed by atoms with E-state index in [1.165, 1.54) is 10.5 Å². The van der Waals surface area contributed by atoms with Crippen molar-refractivity contribution in [3.8, 4) is 0 Å². The number of hydrogen-bond donors (Lipinski definition) is 1. The minimum absolute atomic E-state index is 0.434. The quantitative estimate of drug-likeness (QED) is 0.538. The summed E-state index contributed by atoms with van der Waals surface area (Å²) in [5.74, 6) is 1.09. The van der Waals surface area contributed by atoms with E-state index >= 15 is 0 Å². The molecule has 1 unspecified atom stereocenters. The lowest BCUT2D eigenvalue weighted by atomic mass is 10.1. The largest absolute Gasteiger partial charge is 0.309 e. The van der Waals surface area contributed by atoms with Crippen molar-refractivity contribution in [2.24, 2.45) is 0 Å². The van der Waals surface area contributed by atoms with Gasteiger partial charge < -0.3 is 5.32 Å². The third kappa shape index (κ3) is 4.97. The first-order valence-corrected chi connectivity index (χ1v) is 8.74. The topological polar surface area (TPSA) is 12.0 Å². The van der Waals surface area contributed by atoms with Crippen LogP contribution >= 0.6 is 27.7 Å². The molecular formula is C17H20BrNS. The van der Waals surface area contributed by atoms with E-state index in [9.17, 15) is 0 Å². The Balaban J connectivity index is 1.80. The van der Waals surface area contributed by atoms with Gasteiger partial charge in [-0.2, -0.15) is 0 Å². The molecule has 0 spiro atoms. The number of nitrogens with one attached hydrogen (secondary N) is 1. The van der Waals surface area contributed by atoms with Crippen LogP contribution in [0.1, 0.15) is 24.9 Å². The van der Waals surface area contributed by atoms with Crippen LogP contribution in [0.15, 0.2) is 64.0 Å². The second-order valence-electron chi connectivity index (χ2n) is 4.63. The van der Waals surface area contributed by atoms with Gasteiger partial charge >= 0.3 is 0 Å². The van der Waals surface area contributed by atoms with Crippen LogP contribution in [0.25, 0.3) is 0 Å². The van der Waals surface area contributed by atoms with Crippen molar-refractivity contribution in [2.75, 3.05) is 12.3 Å². The molecule has 1 N–H and O–H groups in total. The van der Waals surface area contributed by atoms with Crippen molar-refractivity contribution < 1.29 is 0 Å². The SMILES string of the molecule is CCC(NCCSc1ccccc1)c1cccc(Br)c1. The van der Waals surface area contributed by atoms with E-state index in [-0.39, 0.29) is 0 Å². The Labute approximate surface area is 134 Å². The Kier molecular flexibility index (Phi) is 6.64. The molecule has 0 heterocycles. The van der Waals surface area contributed by atoms with E-state index in [1.807, 2.05) is 11.8 Å². The molecule has 2 aromatic rings. The number of thioether (sulfide) groups is 1. The highest BCUT2D eigenvalue weighted by Crippen LogP contribution is 2.21.